The molecule has 0 spiro atoms. The van der Waals surface area contributed by atoms with Gasteiger partial charge in [-0.25, -0.2) is 4.79 Å². The van der Waals surface area contributed by atoms with E-state index in [9.17, 15) is 4.79 Å². The zero-order valence-electron chi connectivity index (χ0n) is 9.36. The highest BCUT2D eigenvalue weighted by atomic mass is 16.5. The molecule has 16 heavy (non-hydrogen) atoms. The second-order valence-corrected chi connectivity index (χ2v) is 3.27. The molecule has 0 aromatic heterocycles. The second-order valence-electron chi connectivity index (χ2n) is 3.27. The average Bonchev–Trinajstić information content (AvgIpc) is 2.29. The van der Waals surface area contributed by atoms with Crippen molar-refractivity contribution in [2.45, 2.75) is 6.92 Å². The molecular weight excluding hydrogens is 206 g/mol. The summed E-state index contributed by atoms with van der Waals surface area (Å²) >= 11 is 0. The highest BCUT2D eigenvalue weighted by Gasteiger charge is 2.00. The summed E-state index contributed by atoms with van der Waals surface area (Å²) < 4.78 is 5.15. The molecule has 0 radical (unpaired) electrons. The van der Waals surface area contributed by atoms with E-state index < -0.39 is 5.97 Å². The highest BCUT2D eigenvalue weighted by Crippen LogP contribution is 2.22. The Morgan fingerprint density at radius 3 is 2.81 bits per heavy atom. The van der Waals surface area contributed by atoms with Crippen molar-refractivity contribution in [1.82, 2.24) is 0 Å². The fourth-order valence-electron chi connectivity index (χ4n) is 1.19. The number of hydrogen-bond donors (Lipinski definition) is 2. The number of anilines is 1. The first-order valence-electron chi connectivity index (χ1n) is 4.92. The third kappa shape index (κ3) is 3.31. The van der Waals surface area contributed by atoms with Crippen LogP contribution in [0, 0.1) is 0 Å². The lowest BCUT2D eigenvalue weighted by molar-refractivity contribution is -0.132. The number of aliphatic carboxylic acids is 1. The van der Waals surface area contributed by atoms with E-state index in [1.807, 2.05) is 24.3 Å². The summed E-state index contributed by atoms with van der Waals surface area (Å²) in [5.74, 6) is -0.161. The van der Waals surface area contributed by atoms with E-state index in [4.69, 9.17) is 9.84 Å². The van der Waals surface area contributed by atoms with E-state index >= 15 is 0 Å². The van der Waals surface area contributed by atoms with Crippen molar-refractivity contribution in [2.24, 2.45) is 0 Å². The van der Waals surface area contributed by atoms with Crippen LogP contribution in [0.15, 0.2) is 35.9 Å². The fraction of sp³-hybridized carbons (Fsp3) is 0.250. The molecule has 0 fully saturated rings. The lowest BCUT2D eigenvalue weighted by atomic mass is 10.2. The van der Waals surface area contributed by atoms with Crippen molar-refractivity contribution < 1.29 is 14.6 Å². The predicted octanol–water partition coefficient (Wildman–Crippen LogP) is 2.14. The van der Waals surface area contributed by atoms with Crippen molar-refractivity contribution in [3.05, 3.63) is 35.9 Å². The SMILES string of the molecule is COc1ccccc1NC/C=C(/C)C(=O)O. The van der Waals surface area contributed by atoms with Crippen molar-refractivity contribution in [2.75, 3.05) is 19.0 Å². The lowest BCUT2D eigenvalue weighted by Crippen LogP contribution is -2.04. The first-order chi connectivity index (χ1) is 7.65. The maximum Gasteiger partial charge on any atom is 0.331 e. The van der Waals surface area contributed by atoms with Gasteiger partial charge in [0.05, 0.1) is 12.8 Å². The number of benzene rings is 1. The van der Waals surface area contributed by atoms with Crippen LogP contribution in [0.3, 0.4) is 0 Å². The van der Waals surface area contributed by atoms with Crippen LogP contribution < -0.4 is 10.1 Å². The van der Waals surface area contributed by atoms with Gasteiger partial charge in [0.1, 0.15) is 5.75 Å². The Labute approximate surface area is 94.6 Å². The number of nitrogens with one attached hydrogen (secondary N) is 1. The minimum atomic E-state index is -0.901. The Kier molecular flexibility index (Phi) is 4.39. The van der Waals surface area contributed by atoms with Crippen molar-refractivity contribution in [1.29, 1.82) is 0 Å². The van der Waals surface area contributed by atoms with Gasteiger partial charge in [0.15, 0.2) is 0 Å². The zero-order valence-corrected chi connectivity index (χ0v) is 9.36. The molecule has 4 nitrogen and oxygen atoms in total. The predicted molar refractivity (Wildman–Crippen MR) is 62.9 cm³/mol. The average molecular weight is 221 g/mol. The number of methoxy groups -OCH3 is 1. The molecule has 0 atom stereocenters. The smallest absolute Gasteiger partial charge is 0.331 e. The number of ether oxygens (including phenoxy) is 1. The molecule has 0 amide bonds. The molecule has 0 saturated heterocycles. The minimum absolute atomic E-state index is 0.322. The van der Waals surface area contributed by atoms with Gasteiger partial charge in [0.2, 0.25) is 0 Å². The second kappa shape index (κ2) is 5.80. The molecule has 0 bridgehead atoms. The van der Waals surface area contributed by atoms with Crippen LogP contribution >= 0.6 is 0 Å². The zero-order chi connectivity index (χ0) is 12.0. The normalized spacial score (nSPS) is 11.0. The quantitative estimate of drug-likeness (QED) is 0.748. The van der Waals surface area contributed by atoms with E-state index in [-0.39, 0.29) is 0 Å². The van der Waals surface area contributed by atoms with Gasteiger partial charge in [0.25, 0.3) is 0 Å². The van der Waals surface area contributed by atoms with Gasteiger partial charge in [-0.2, -0.15) is 0 Å². The molecule has 0 saturated carbocycles. The number of hydrogen-bond acceptors (Lipinski definition) is 3. The maximum absolute atomic E-state index is 10.5. The summed E-state index contributed by atoms with van der Waals surface area (Å²) in [5, 5.41) is 11.7. The number of para-hydroxylation sites is 2. The van der Waals surface area contributed by atoms with Crippen LogP contribution in [-0.2, 0) is 4.79 Å². The largest absolute Gasteiger partial charge is 0.495 e. The van der Waals surface area contributed by atoms with Gasteiger partial charge in [0, 0.05) is 12.1 Å². The Balaban J connectivity index is 2.61. The monoisotopic (exact) mass is 221 g/mol. The molecule has 1 rings (SSSR count). The lowest BCUT2D eigenvalue weighted by Gasteiger charge is -2.08. The Bertz CT molecular complexity index is 399. The van der Waals surface area contributed by atoms with E-state index in [0.717, 1.165) is 11.4 Å². The van der Waals surface area contributed by atoms with Gasteiger partial charge in [-0.1, -0.05) is 18.2 Å². The molecule has 0 aliphatic rings. The minimum Gasteiger partial charge on any atom is -0.495 e. The number of carboxylic acid groups (broad SMARTS) is 1. The molecule has 0 aliphatic carbocycles. The Morgan fingerprint density at radius 1 is 1.50 bits per heavy atom. The number of carboxylic acids is 1. The molecular formula is C12H15NO3. The van der Waals surface area contributed by atoms with Crippen LogP contribution in [0.2, 0.25) is 0 Å². The molecule has 0 heterocycles. The van der Waals surface area contributed by atoms with E-state index in [1.54, 1.807) is 20.1 Å². The molecule has 2 N–H and O–H groups in total. The summed E-state index contributed by atoms with van der Waals surface area (Å²) in [5.41, 5.74) is 1.17. The standard InChI is InChI=1S/C12H15NO3/c1-9(12(14)15)7-8-13-10-5-3-4-6-11(10)16-2/h3-7,13H,8H2,1-2H3,(H,14,15)/b9-7-. The van der Waals surface area contributed by atoms with E-state index in [1.165, 1.54) is 0 Å². The maximum atomic E-state index is 10.5. The van der Waals surface area contributed by atoms with E-state index in [0.29, 0.717) is 12.1 Å². The van der Waals surface area contributed by atoms with Crippen molar-refractivity contribution in [3.8, 4) is 5.75 Å². The third-order valence-corrected chi connectivity index (χ3v) is 2.15. The molecule has 0 aliphatic heterocycles. The Morgan fingerprint density at radius 2 is 2.19 bits per heavy atom. The van der Waals surface area contributed by atoms with Crippen LogP contribution in [0.25, 0.3) is 0 Å². The van der Waals surface area contributed by atoms with Crippen LogP contribution in [0.4, 0.5) is 5.69 Å². The molecule has 1 aromatic rings. The van der Waals surface area contributed by atoms with Crippen molar-refractivity contribution in [3.63, 3.8) is 0 Å². The van der Waals surface area contributed by atoms with Crippen LogP contribution in [-0.4, -0.2) is 24.7 Å². The summed E-state index contributed by atoms with van der Waals surface area (Å²) in [6.45, 7) is 2.02. The summed E-state index contributed by atoms with van der Waals surface area (Å²) in [6.07, 6.45) is 1.62. The van der Waals surface area contributed by atoms with Gasteiger partial charge >= 0.3 is 5.97 Å². The summed E-state index contributed by atoms with van der Waals surface area (Å²) in [7, 11) is 1.60. The molecule has 86 valence electrons. The van der Waals surface area contributed by atoms with Gasteiger partial charge < -0.3 is 15.2 Å². The van der Waals surface area contributed by atoms with Gasteiger partial charge in [-0.3, -0.25) is 0 Å². The Hall–Kier alpha value is -1.97. The highest BCUT2D eigenvalue weighted by molar-refractivity contribution is 5.85. The first-order valence-corrected chi connectivity index (χ1v) is 4.92. The van der Waals surface area contributed by atoms with Crippen LogP contribution in [0.1, 0.15) is 6.92 Å². The number of rotatable bonds is 5. The number of carbonyl (C=O) groups is 1. The molecule has 0 unspecified atom stereocenters. The third-order valence-electron chi connectivity index (χ3n) is 2.15. The van der Waals surface area contributed by atoms with Gasteiger partial charge in [-0.15, -0.1) is 0 Å². The summed E-state index contributed by atoms with van der Waals surface area (Å²) in [4.78, 5) is 10.5. The summed E-state index contributed by atoms with van der Waals surface area (Å²) in [6, 6.07) is 7.49. The van der Waals surface area contributed by atoms with Crippen molar-refractivity contribution >= 4 is 11.7 Å². The van der Waals surface area contributed by atoms with Gasteiger partial charge in [-0.05, 0) is 19.1 Å². The van der Waals surface area contributed by atoms with Crippen LogP contribution in [0.5, 0.6) is 5.75 Å². The topological polar surface area (TPSA) is 58.6 Å². The molecule has 4 heteroatoms. The fourth-order valence-corrected chi connectivity index (χ4v) is 1.19. The first kappa shape index (κ1) is 12.1. The molecule has 1 aromatic carbocycles. The van der Waals surface area contributed by atoms with E-state index in [2.05, 4.69) is 5.32 Å².